The molecule has 1 fully saturated rings. The number of nitrogens with zero attached hydrogens (tertiary/aromatic N) is 4. The molecule has 0 radical (unpaired) electrons. The van der Waals surface area contributed by atoms with Crippen LogP contribution in [-0.4, -0.2) is 40.3 Å². The summed E-state index contributed by atoms with van der Waals surface area (Å²) in [6.45, 7) is 3.36. The van der Waals surface area contributed by atoms with Crippen molar-refractivity contribution in [2.45, 2.75) is 32.1 Å². The van der Waals surface area contributed by atoms with Gasteiger partial charge in [0.25, 0.3) is 0 Å². The lowest BCUT2D eigenvalue weighted by Gasteiger charge is -2.23. The minimum atomic E-state index is -0.857. The SMILES string of the molecule is Cc1cc(CN2C[C@@H](F)C[C@H]2CNc2cc(C#N)nc3ccccc23)on1. The van der Waals surface area contributed by atoms with Crippen molar-refractivity contribution in [3.8, 4) is 6.07 Å². The first kappa shape index (κ1) is 17.4. The van der Waals surface area contributed by atoms with Crippen LogP contribution in [0.5, 0.6) is 0 Å². The number of benzene rings is 1. The van der Waals surface area contributed by atoms with E-state index in [4.69, 9.17) is 4.52 Å². The predicted octanol–water partition coefficient (Wildman–Crippen LogP) is 3.43. The van der Waals surface area contributed by atoms with Crippen molar-refractivity contribution in [2.24, 2.45) is 0 Å². The second-order valence-electron chi connectivity index (χ2n) is 6.92. The third-order valence-electron chi connectivity index (χ3n) is 4.87. The molecule has 0 spiro atoms. The van der Waals surface area contributed by atoms with Crippen molar-refractivity contribution in [3.05, 3.63) is 53.5 Å². The quantitative estimate of drug-likeness (QED) is 0.746. The number of fused-ring (bicyclic) bond motifs is 1. The fourth-order valence-corrected chi connectivity index (χ4v) is 3.63. The first-order valence-corrected chi connectivity index (χ1v) is 8.96. The van der Waals surface area contributed by atoms with Crippen LogP contribution in [0.2, 0.25) is 0 Å². The molecule has 27 heavy (non-hydrogen) atoms. The Hall–Kier alpha value is -2.98. The summed E-state index contributed by atoms with van der Waals surface area (Å²) < 4.78 is 19.3. The van der Waals surface area contributed by atoms with Gasteiger partial charge in [0.1, 0.15) is 17.9 Å². The number of rotatable bonds is 5. The van der Waals surface area contributed by atoms with Gasteiger partial charge < -0.3 is 9.84 Å². The van der Waals surface area contributed by atoms with Crippen molar-refractivity contribution in [2.75, 3.05) is 18.4 Å². The first-order valence-electron chi connectivity index (χ1n) is 8.96. The molecule has 138 valence electrons. The molecule has 3 heterocycles. The van der Waals surface area contributed by atoms with Gasteiger partial charge in [-0.3, -0.25) is 4.90 Å². The average molecular weight is 365 g/mol. The third kappa shape index (κ3) is 3.76. The number of aromatic nitrogens is 2. The van der Waals surface area contributed by atoms with E-state index in [2.05, 4.69) is 26.4 Å². The number of anilines is 1. The van der Waals surface area contributed by atoms with E-state index in [1.165, 1.54) is 0 Å². The second kappa shape index (κ2) is 7.33. The molecular formula is C20H20FN5O. The summed E-state index contributed by atoms with van der Waals surface area (Å²) in [7, 11) is 0. The van der Waals surface area contributed by atoms with Crippen LogP contribution in [0.3, 0.4) is 0 Å². The number of hydrogen-bond donors (Lipinski definition) is 1. The number of para-hydroxylation sites is 1. The van der Waals surface area contributed by atoms with Crippen molar-refractivity contribution in [1.29, 1.82) is 5.26 Å². The molecule has 0 amide bonds. The van der Waals surface area contributed by atoms with E-state index in [1.54, 1.807) is 6.07 Å². The number of alkyl halides is 1. The van der Waals surface area contributed by atoms with Crippen molar-refractivity contribution in [1.82, 2.24) is 15.0 Å². The molecule has 0 unspecified atom stereocenters. The van der Waals surface area contributed by atoms with E-state index in [0.29, 0.717) is 31.7 Å². The van der Waals surface area contributed by atoms with Gasteiger partial charge >= 0.3 is 0 Å². The highest BCUT2D eigenvalue weighted by atomic mass is 19.1. The Balaban J connectivity index is 1.52. The molecule has 1 N–H and O–H groups in total. The zero-order valence-electron chi connectivity index (χ0n) is 15.0. The maximum Gasteiger partial charge on any atom is 0.150 e. The lowest BCUT2D eigenvalue weighted by molar-refractivity contribution is 0.213. The Morgan fingerprint density at radius 1 is 1.37 bits per heavy atom. The number of aryl methyl sites for hydroxylation is 1. The highest BCUT2D eigenvalue weighted by molar-refractivity contribution is 5.91. The Kier molecular flexibility index (Phi) is 4.73. The number of nitrogens with one attached hydrogen (secondary N) is 1. The van der Waals surface area contributed by atoms with Crippen LogP contribution >= 0.6 is 0 Å². The second-order valence-corrected chi connectivity index (χ2v) is 6.92. The minimum absolute atomic E-state index is 0.0304. The van der Waals surface area contributed by atoms with Crippen molar-refractivity contribution < 1.29 is 8.91 Å². The predicted molar refractivity (Wildman–Crippen MR) is 99.9 cm³/mol. The fraction of sp³-hybridized carbons (Fsp3) is 0.350. The summed E-state index contributed by atoms with van der Waals surface area (Å²) in [5.41, 5.74) is 2.79. The van der Waals surface area contributed by atoms with Crippen LogP contribution in [-0.2, 0) is 6.54 Å². The molecular weight excluding hydrogens is 345 g/mol. The smallest absolute Gasteiger partial charge is 0.150 e. The molecule has 3 aromatic rings. The van der Waals surface area contributed by atoms with Gasteiger partial charge in [-0.2, -0.15) is 5.26 Å². The van der Waals surface area contributed by atoms with Crippen molar-refractivity contribution >= 4 is 16.6 Å². The molecule has 1 aliphatic heterocycles. The maximum atomic E-state index is 14.1. The van der Waals surface area contributed by atoms with Gasteiger partial charge in [-0.15, -0.1) is 0 Å². The topological polar surface area (TPSA) is 78.0 Å². The Labute approximate surface area is 156 Å². The normalized spacial score (nSPS) is 20.0. The first-order chi connectivity index (χ1) is 13.1. The molecule has 6 nitrogen and oxygen atoms in total. The summed E-state index contributed by atoms with van der Waals surface area (Å²) in [6.07, 6.45) is -0.390. The molecule has 0 aliphatic carbocycles. The van der Waals surface area contributed by atoms with E-state index in [9.17, 15) is 9.65 Å². The molecule has 0 saturated carbocycles. The monoisotopic (exact) mass is 365 g/mol. The average Bonchev–Trinajstić information content (AvgIpc) is 3.24. The standard InChI is InChI=1S/C20H20FN5O/c1-13-6-17(27-25-13)12-26-11-14(21)7-16(26)10-23-20-8-15(9-22)24-19-5-3-2-4-18(19)20/h2-6,8,14,16H,7,10-12H2,1H3,(H,23,24)/t14-,16-/m0/s1. The van der Waals surface area contributed by atoms with Crippen LogP contribution in [0.4, 0.5) is 10.1 Å². The van der Waals surface area contributed by atoms with Crippen LogP contribution < -0.4 is 5.32 Å². The minimum Gasteiger partial charge on any atom is -0.383 e. The van der Waals surface area contributed by atoms with Crippen LogP contribution in [0.25, 0.3) is 10.9 Å². The highest BCUT2D eigenvalue weighted by Crippen LogP contribution is 2.26. The van der Waals surface area contributed by atoms with E-state index >= 15 is 0 Å². The lowest BCUT2D eigenvalue weighted by atomic mass is 10.1. The number of nitriles is 1. The maximum absolute atomic E-state index is 14.1. The Bertz CT molecular complexity index is 995. The van der Waals surface area contributed by atoms with Gasteiger partial charge in [-0.1, -0.05) is 23.4 Å². The summed E-state index contributed by atoms with van der Waals surface area (Å²) >= 11 is 0. The molecule has 2 atom stereocenters. The summed E-state index contributed by atoms with van der Waals surface area (Å²) in [4.78, 5) is 6.40. The molecule has 2 aromatic heterocycles. The molecule has 1 aromatic carbocycles. The Morgan fingerprint density at radius 3 is 3.00 bits per heavy atom. The summed E-state index contributed by atoms with van der Waals surface area (Å²) in [5.74, 6) is 0.743. The van der Waals surface area contributed by atoms with E-state index in [0.717, 1.165) is 28.0 Å². The van der Waals surface area contributed by atoms with Crippen LogP contribution in [0, 0.1) is 18.3 Å². The highest BCUT2D eigenvalue weighted by Gasteiger charge is 2.32. The number of halogens is 1. The largest absolute Gasteiger partial charge is 0.383 e. The number of likely N-dealkylation sites (tertiary alicyclic amines) is 1. The van der Waals surface area contributed by atoms with Gasteiger partial charge in [0, 0.05) is 36.3 Å². The molecule has 4 rings (SSSR count). The van der Waals surface area contributed by atoms with E-state index in [1.807, 2.05) is 37.3 Å². The van der Waals surface area contributed by atoms with Gasteiger partial charge in [-0.05, 0) is 25.5 Å². The van der Waals surface area contributed by atoms with E-state index < -0.39 is 6.17 Å². The van der Waals surface area contributed by atoms with Gasteiger partial charge in [0.05, 0.1) is 17.8 Å². The molecule has 7 heteroatoms. The number of pyridine rings is 1. The zero-order valence-corrected chi connectivity index (χ0v) is 15.0. The Morgan fingerprint density at radius 2 is 2.22 bits per heavy atom. The summed E-state index contributed by atoms with van der Waals surface area (Å²) in [6, 6.07) is 13.4. The van der Waals surface area contributed by atoms with Crippen molar-refractivity contribution in [3.63, 3.8) is 0 Å². The summed E-state index contributed by atoms with van der Waals surface area (Å²) in [5, 5.41) is 17.5. The third-order valence-corrected chi connectivity index (χ3v) is 4.87. The molecule has 0 bridgehead atoms. The van der Waals surface area contributed by atoms with Gasteiger partial charge in [0.2, 0.25) is 0 Å². The number of hydrogen-bond acceptors (Lipinski definition) is 6. The lowest BCUT2D eigenvalue weighted by Crippen LogP contribution is -2.34. The molecule has 1 saturated heterocycles. The van der Waals surface area contributed by atoms with Crippen LogP contribution in [0.15, 0.2) is 40.9 Å². The van der Waals surface area contributed by atoms with Gasteiger partial charge in [-0.25, -0.2) is 9.37 Å². The van der Waals surface area contributed by atoms with Gasteiger partial charge in [0.15, 0.2) is 5.76 Å². The fourth-order valence-electron chi connectivity index (χ4n) is 3.63. The van der Waals surface area contributed by atoms with Crippen LogP contribution in [0.1, 0.15) is 23.6 Å². The zero-order chi connectivity index (χ0) is 18.8. The molecule has 1 aliphatic rings. The van der Waals surface area contributed by atoms with E-state index in [-0.39, 0.29) is 6.04 Å².